The lowest BCUT2D eigenvalue weighted by Crippen LogP contribution is -2.19. The number of pyridine rings is 1. The molecule has 2 aromatic heterocycles. The van der Waals surface area contributed by atoms with Crippen LogP contribution in [0.15, 0.2) is 15.3 Å². The molecule has 0 radical (unpaired) electrons. The first kappa shape index (κ1) is 13.1. The lowest BCUT2D eigenvalue weighted by molar-refractivity contribution is 0.0524. The first-order valence-electron chi connectivity index (χ1n) is 5.29. The van der Waals surface area contributed by atoms with Crippen molar-refractivity contribution in [2.45, 2.75) is 11.3 Å². The third-order valence-corrected chi connectivity index (χ3v) is 4.40. The zero-order chi connectivity index (χ0) is 13.3. The van der Waals surface area contributed by atoms with E-state index in [4.69, 9.17) is 4.74 Å². The SMILES string of the molecule is CCOC(=O)c1cn(C)c2nc(SC)sc2c1=O. The molecule has 2 rings (SSSR count). The molecule has 2 aromatic rings. The minimum atomic E-state index is -0.584. The number of fused-ring (bicyclic) bond motifs is 1. The summed E-state index contributed by atoms with van der Waals surface area (Å²) in [5.74, 6) is -0.584. The van der Waals surface area contributed by atoms with Crippen LogP contribution in [0.1, 0.15) is 17.3 Å². The molecule has 18 heavy (non-hydrogen) atoms. The third kappa shape index (κ3) is 2.15. The number of carbonyl (C=O) groups is 1. The monoisotopic (exact) mass is 284 g/mol. The highest BCUT2D eigenvalue weighted by atomic mass is 32.2. The minimum absolute atomic E-state index is 0.0585. The van der Waals surface area contributed by atoms with E-state index < -0.39 is 5.97 Å². The Labute approximate surface area is 112 Å². The van der Waals surface area contributed by atoms with Crippen LogP contribution >= 0.6 is 23.1 Å². The Morgan fingerprint density at radius 3 is 2.94 bits per heavy atom. The topological polar surface area (TPSA) is 61.2 Å². The number of thioether (sulfide) groups is 1. The van der Waals surface area contributed by atoms with Crippen molar-refractivity contribution in [2.75, 3.05) is 12.9 Å². The molecule has 0 fully saturated rings. The van der Waals surface area contributed by atoms with Crippen LogP contribution in [0.3, 0.4) is 0 Å². The zero-order valence-electron chi connectivity index (χ0n) is 10.2. The number of thiazole rings is 1. The summed E-state index contributed by atoms with van der Waals surface area (Å²) in [4.78, 5) is 28.2. The molecule has 0 aliphatic rings. The van der Waals surface area contributed by atoms with E-state index in [1.54, 1.807) is 18.5 Å². The maximum atomic E-state index is 12.2. The highest BCUT2D eigenvalue weighted by Crippen LogP contribution is 2.25. The van der Waals surface area contributed by atoms with Crippen LogP contribution in [-0.4, -0.2) is 28.4 Å². The molecule has 0 spiro atoms. The summed E-state index contributed by atoms with van der Waals surface area (Å²) in [6, 6.07) is 0. The van der Waals surface area contributed by atoms with Crippen molar-refractivity contribution >= 4 is 39.4 Å². The first-order valence-corrected chi connectivity index (χ1v) is 7.33. The van der Waals surface area contributed by atoms with Crippen molar-refractivity contribution in [2.24, 2.45) is 7.05 Å². The number of hydrogen-bond acceptors (Lipinski definition) is 6. The van der Waals surface area contributed by atoms with Crippen molar-refractivity contribution < 1.29 is 9.53 Å². The Balaban J connectivity index is 2.68. The molecule has 0 N–H and O–H groups in total. The molecule has 0 bridgehead atoms. The van der Waals surface area contributed by atoms with Gasteiger partial charge in [0.2, 0.25) is 5.43 Å². The number of esters is 1. The first-order chi connectivity index (χ1) is 8.58. The molecule has 0 aromatic carbocycles. The molecule has 0 aliphatic carbocycles. The van der Waals surface area contributed by atoms with E-state index in [0.717, 1.165) is 4.34 Å². The number of hydrogen-bond donors (Lipinski definition) is 0. The molecule has 0 unspecified atom stereocenters. The number of carbonyl (C=O) groups excluding carboxylic acids is 1. The number of ether oxygens (including phenoxy) is 1. The van der Waals surface area contributed by atoms with Crippen molar-refractivity contribution in [3.8, 4) is 0 Å². The zero-order valence-corrected chi connectivity index (χ0v) is 11.9. The molecule has 0 atom stereocenters. The van der Waals surface area contributed by atoms with Crippen LogP contribution in [0.2, 0.25) is 0 Å². The average molecular weight is 284 g/mol. The van der Waals surface area contributed by atoms with Crippen molar-refractivity contribution in [3.63, 3.8) is 0 Å². The fraction of sp³-hybridized carbons (Fsp3) is 0.364. The van der Waals surface area contributed by atoms with Crippen LogP contribution in [0, 0.1) is 0 Å². The van der Waals surface area contributed by atoms with Crippen molar-refractivity contribution in [1.29, 1.82) is 0 Å². The van der Waals surface area contributed by atoms with Gasteiger partial charge in [-0.2, -0.15) is 0 Å². The molecule has 0 saturated heterocycles. The van der Waals surface area contributed by atoms with E-state index in [0.29, 0.717) is 10.3 Å². The van der Waals surface area contributed by atoms with Crippen LogP contribution < -0.4 is 5.43 Å². The van der Waals surface area contributed by atoms with Gasteiger partial charge in [-0.3, -0.25) is 4.79 Å². The van der Waals surface area contributed by atoms with Crippen LogP contribution in [-0.2, 0) is 11.8 Å². The lowest BCUT2D eigenvalue weighted by atomic mass is 10.2. The Morgan fingerprint density at radius 1 is 1.61 bits per heavy atom. The van der Waals surface area contributed by atoms with Crippen molar-refractivity contribution in [3.05, 3.63) is 22.0 Å². The van der Waals surface area contributed by atoms with Gasteiger partial charge in [0.05, 0.1) is 6.61 Å². The second kappa shape index (κ2) is 5.11. The van der Waals surface area contributed by atoms with Gasteiger partial charge in [0, 0.05) is 13.2 Å². The molecule has 2 heterocycles. The summed E-state index contributed by atoms with van der Waals surface area (Å²) in [6.45, 7) is 1.96. The third-order valence-electron chi connectivity index (χ3n) is 2.37. The Kier molecular flexibility index (Phi) is 3.72. The quantitative estimate of drug-likeness (QED) is 0.636. The maximum Gasteiger partial charge on any atom is 0.343 e. The maximum absolute atomic E-state index is 12.2. The number of aromatic nitrogens is 2. The molecule has 0 aliphatic heterocycles. The van der Waals surface area contributed by atoms with E-state index in [1.807, 2.05) is 6.26 Å². The van der Waals surface area contributed by atoms with Gasteiger partial charge in [-0.1, -0.05) is 11.8 Å². The second-order valence-electron chi connectivity index (χ2n) is 3.54. The van der Waals surface area contributed by atoms with Gasteiger partial charge in [0.15, 0.2) is 9.99 Å². The highest BCUT2D eigenvalue weighted by molar-refractivity contribution is 8.00. The number of nitrogens with zero attached hydrogens (tertiary/aromatic N) is 2. The predicted octanol–water partition coefficient (Wildman–Crippen LogP) is 1.89. The lowest BCUT2D eigenvalue weighted by Gasteiger charge is -2.04. The summed E-state index contributed by atoms with van der Waals surface area (Å²) in [7, 11) is 1.76. The second-order valence-corrected chi connectivity index (χ2v) is 5.59. The van der Waals surface area contributed by atoms with Crippen LogP contribution in [0.25, 0.3) is 10.3 Å². The molecule has 0 amide bonds. The standard InChI is InChI=1S/C11H12N2O3S2/c1-4-16-10(15)6-5-13(2)9-8(7(6)14)18-11(12-9)17-3/h5H,4H2,1-3H3. The smallest absolute Gasteiger partial charge is 0.343 e. The van der Waals surface area contributed by atoms with Gasteiger partial charge in [0.25, 0.3) is 0 Å². The van der Waals surface area contributed by atoms with Gasteiger partial charge in [-0.05, 0) is 13.2 Å². The number of rotatable bonds is 3. The summed E-state index contributed by atoms with van der Waals surface area (Å²) in [5, 5.41) is 0. The normalized spacial score (nSPS) is 10.8. The highest BCUT2D eigenvalue weighted by Gasteiger charge is 2.18. The fourth-order valence-electron chi connectivity index (χ4n) is 1.56. The summed E-state index contributed by atoms with van der Waals surface area (Å²) >= 11 is 2.77. The van der Waals surface area contributed by atoms with Gasteiger partial charge >= 0.3 is 5.97 Å². The van der Waals surface area contributed by atoms with Crippen LogP contribution in [0.4, 0.5) is 0 Å². The summed E-state index contributed by atoms with van der Waals surface area (Å²) < 4.78 is 7.85. The Bertz CT molecular complexity index is 660. The summed E-state index contributed by atoms with van der Waals surface area (Å²) in [5.41, 5.74) is 0.352. The van der Waals surface area contributed by atoms with E-state index in [1.165, 1.54) is 29.3 Å². The van der Waals surface area contributed by atoms with Gasteiger partial charge in [0.1, 0.15) is 10.3 Å². The van der Waals surface area contributed by atoms with Gasteiger partial charge < -0.3 is 9.30 Å². The van der Waals surface area contributed by atoms with E-state index in [9.17, 15) is 9.59 Å². The fourth-order valence-corrected chi connectivity index (χ4v) is 3.11. The van der Waals surface area contributed by atoms with Gasteiger partial charge in [-0.25, -0.2) is 9.78 Å². The molecule has 0 saturated carbocycles. The molecular weight excluding hydrogens is 272 g/mol. The Morgan fingerprint density at radius 2 is 2.33 bits per heavy atom. The van der Waals surface area contributed by atoms with Crippen molar-refractivity contribution in [1.82, 2.24) is 9.55 Å². The molecule has 5 nitrogen and oxygen atoms in total. The van der Waals surface area contributed by atoms with E-state index in [2.05, 4.69) is 4.98 Å². The van der Waals surface area contributed by atoms with Gasteiger partial charge in [-0.15, -0.1) is 11.3 Å². The number of aryl methyl sites for hydroxylation is 1. The largest absolute Gasteiger partial charge is 0.462 e. The predicted molar refractivity (Wildman–Crippen MR) is 72.6 cm³/mol. The molecule has 96 valence electrons. The summed E-state index contributed by atoms with van der Waals surface area (Å²) in [6.07, 6.45) is 3.38. The molecule has 7 heteroatoms. The Hall–Kier alpha value is -1.34. The minimum Gasteiger partial charge on any atom is -0.462 e. The average Bonchev–Trinajstić information content (AvgIpc) is 2.79. The van der Waals surface area contributed by atoms with E-state index >= 15 is 0 Å². The molecular formula is C11H12N2O3S2. The van der Waals surface area contributed by atoms with Crippen LogP contribution in [0.5, 0.6) is 0 Å². The van der Waals surface area contributed by atoms with E-state index in [-0.39, 0.29) is 17.6 Å².